The molecule has 1 aliphatic heterocycles. The van der Waals surface area contributed by atoms with Crippen LogP contribution in [-0.4, -0.2) is 30.2 Å². The molecule has 31 heavy (non-hydrogen) atoms. The van der Waals surface area contributed by atoms with E-state index in [4.69, 9.17) is 4.98 Å². The number of hydrogen-bond acceptors (Lipinski definition) is 6. The third kappa shape index (κ3) is 3.76. The number of rotatable bonds is 4. The smallest absolute Gasteiger partial charge is 0.268 e. The highest BCUT2D eigenvalue weighted by atomic mass is 32.1. The fourth-order valence-corrected chi connectivity index (χ4v) is 5.07. The first kappa shape index (κ1) is 19.6. The van der Waals surface area contributed by atoms with Crippen molar-refractivity contribution in [3.8, 4) is 0 Å². The predicted octanol–water partition coefficient (Wildman–Crippen LogP) is 3.38. The van der Waals surface area contributed by atoms with E-state index < -0.39 is 0 Å². The van der Waals surface area contributed by atoms with Crippen LogP contribution < -0.4 is 10.9 Å². The number of nitrogens with zero attached hydrogens (tertiary/aromatic N) is 5. The molecule has 1 aliphatic rings. The second-order valence-corrected chi connectivity index (χ2v) is 8.74. The lowest BCUT2D eigenvalue weighted by Crippen LogP contribution is -2.24. The van der Waals surface area contributed by atoms with Crippen LogP contribution in [0.3, 0.4) is 0 Å². The molecule has 0 atom stereocenters. The van der Waals surface area contributed by atoms with Gasteiger partial charge >= 0.3 is 0 Å². The van der Waals surface area contributed by atoms with Crippen LogP contribution in [0.25, 0.3) is 10.2 Å². The quantitative estimate of drug-likeness (QED) is 0.531. The van der Waals surface area contributed by atoms with E-state index in [0.717, 1.165) is 37.1 Å². The first-order valence-electron chi connectivity index (χ1n) is 10.4. The zero-order valence-corrected chi connectivity index (χ0v) is 18.0. The first-order chi connectivity index (χ1) is 15.1. The van der Waals surface area contributed by atoms with Crippen LogP contribution in [-0.2, 0) is 19.5 Å². The predicted molar refractivity (Wildman–Crippen MR) is 120 cm³/mol. The largest absolute Gasteiger partial charge is 0.296 e. The molecule has 0 saturated carbocycles. The molecule has 0 unspecified atom stereocenters. The minimum absolute atomic E-state index is 0.0417. The Morgan fingerprint density at radius 1 is 1.19 bits per heavy atom. The summed E-state index contributed by atoms with van der Waals surface area (Å²) in [5.41, 5.74) is 1.72. The second kappa shape index (κ2) is 8.07. The van der Waals surface area contributed by atoms with Crippen molar-refractivity contribution in [2.24, 2.45) is 0 Å². The van der Waals surface area contributed by atoms with E-state index >= 15 is 0 Å². The molecule has 1 aromatic carbocycles. The summed E-state index contributed by atoms with van der Waals surface area (Å²) in [6.45, 7) is 3.07. The van der Waals surface area contributed by atoms with E-state index in [2.05, 4.69) is 15.4 Å². The standard InChI is InChI=1S/C22H22N6O2S/c1-14-17-20(24-16-10-6-3-7-11-28(16)21(17)30)31-18(14)19(29)25-22-23-13-27(26-22)12-15-8-4-2-5-9-15/h2,4-5,8-9,13H,3,6-7,10-12H2,1H3,(H,25,26,29). The number of carbonyl (C=O) groups excluding carboxylic acids is 1. The van der Waals surface area contributed by atoms with E-state index in [0.29, 0.717) is 33.7 Å². The number of thiophene rings is 1. The molecule has 0 spiro atoms. The number of benzene rings is 1. The van der Waals surface area contributed by atoms with E-state index in [1.807, 2.05) is 37.3 Å². The Kier molecular flexibility index (Phi) is 5.11. The fourth-order valence-electron chi connectivity index (χ4n) is 3.98. The van der Waals surface area contributed by atoms with Gasteiger partial charge in [-0.05, 0) is 30.9 Å². The number of fused-ring (bicyclic) bond motifs is 2. The molecule has 8 nitrogen and oxygen atoms in total. The molecule has 0 bridgehead atoms. The summed E-state index contributed by atoms with van der Waals surface area (Å²) >= 11 is 1.26. The van der Waals surface area contributed by atoms with Gasteiger partial charge in [0.15, 0.2) is 0 Å². The fraction of sp³-hybridized carbons (Fsp3) is 0.318. The zero-order valence-electron chi connectivity index (χ0n) is 17.2. The van der Waals surface area contributed by atoms with Crippen molar-refractivity contribution in [3.05, 3.63) is 68.8 Å². The molecule has 4 aromatic rings. The van der Waals surface area contributed by atoms with Crippen molar-refractivity contribution >= 4 is 33.4 Å². The summed E-state index contributed by atoms with van der Waals surface area (Å²) in [6, 6.07) is 9.91. The summed E-state index contributed by atoms with van der Waals surface area (Å²) in [5, 5.41) is 7.64. The number of amides is 1. The van der Waals surface area contributed by atoms with E-state index in [1.54, 1.807) is 15.6 Å². The van der Waals surface area contributed by atoms with Crippen LogP contribution in [0.15, 0.2) is 41.5 Å². The molecular weight excluding hydrogens is 412 g/mol. The maximum absolute atomic E-state index is 13.1. The Balaban J connectivity index is 1.41. The molecule has 0 aliphatic carbocycles. The molecule has 0 fully saturated rings. The third-order valence-electron chi connectivity index (χ3n) is 5.57. The summed E-state index contributed by atoms with van der Waals surface area (Å²) < 4.78 is 3.46. The van der Waals surface area contributed by atoms with E-state index in [-0.39, 0.29) is 17.4 Å². The number of carbonyl (C=O) groups is 1. The van der Waals surface area contributed by atoms with Crippen molar-refractivity contribution in [2.45, 2.75) is 45.7 Å². The zero-order chi connectivity index (χ0) is 21.4. The lowest BCUT2D eigenvalue weighted by molar-refractivity contribution is 0.102. The van der Waals surface area contributed by atoms with Crippen molar-refractivity contribution in [3.63, 3.8) is 0 Å². The van der Waals surface area contributed by atoms with E-state index in [9.17, 15) is 9.59 Å². The number of nitrogens with one attached hydrogen (secondary N) is 1. The second-order valence-electron chi connectivity index (χ2n) is 7.74. The number of anilines is 1. The lowest BCUT2D eigenvalue weighted by Gasteiger charge is -2.08. The molecule has 1 amide bonds. The van der Waals surface area contributed by atoms with Gasteiger partial charge in [-0.2, -0.15) is 0 Å². The Hall–Kier alpha value is -3.33. The highest BCUT2D eigenvalue weighted by Gasteiger charge is 2.23. The van der Waals surface area contributed by atoms with Crippen molar-refractivity contribution < 1.29 is 4.79 Å². The topological polar surface area (TPSA) is 94.7 Å². The maximum Gasteiger partial charge on any atom is 0.268 e. The van der Waals surface area contributed by atoms with E-state index in [1.165, 1.54) is 11.3 Å². The van der Waals surface area contributed by atoms with Crippen molar-refractivity contribution in [2.75, 3.05) is 5.32 Å². The van der Waals surface area contributed by atoms with Gasteiger partial charge < -0.3 is 0 Å². The highest BCUT2D eigenvalue weighted by molar-refractivity contribution is 7.20. The lowest BCUT2D eigenvalue weighted by atomic mass is 10.2. The molecule has 0 saturated heterocycles. The molecule has 3 aromatic heterocycles. The van der Waals surface area contributed by atoms with Crippen molar-refractivity contribution in [1.29, 1.82) is 0 Å². The Labute approximate surface area is 182 Å². The van der Waals surface area contributed by atoms with Crippen LogP contribution in [0, 0.1) is 6.92 Å². The minimum atomic E-state index is -0.322. The summed E-state index contributed by atoms with van der Waals surface area (Å²) in [5.74, 6) is 0.736. The Morgan fingerprint density at radius 2 is 2.03 bits per heavy atom. The van der Waals surface area contributed by atoms with Gasteiger partial charge in [0.25, 0.3) is 11.5 Å². The number of aromatic nitrogens is 5. The Morgan fingerprint density at radius 3 is 2.87 bits per heavy atom. The average Bonchev–Trinajstić information content (AvgIpc) is 3.24. The van der Waals surface area contributed by atoms with Gasteiger partial charge in [-0.1, -0.05) is 36.8 Å². The molecule has 4 heterocycles. The van der Waals surface area contributed by atoms with Gasteiger partial charge in [-0.3, -0.25) is 19.5 Å². The molecule has 1 N–H and O–H groups in total. The number of aryl methyl sites for hydroxylation is 2. The molecule has 158 valence electrons. The van der Waals surface area contributed by atoms with Gasteiger partial charge in [0.1, 0.15) is 17.0 Å². The molecule has 5 rings (SSSR count). The summed E-state index contributed by atoms with van der Waals surface area (Å²) in [6.07, 6.45) is 5.51. The van der Waals surface area contributed by atoms with Gasteiger partial charge in [-0.15, -0.1) is 16.4 Å². The van der Waals surface area contributed by atoms with Crippen molar-refractivity contribution in [1.82, 2.24) is 24.3 Å². The first-order valence-corrected chi connectivity index (χ1v) is 11.2. The SMILES string of the molecule is Cc1c(C(=O)Nc2ncn(Cc3ccccc3)n2)sc2nc3n(c(=O)c12)CCCCC3. The Bertz CT molecular complexity index is 1320. The van der Waals surface area contributed by atoms with Gasteiger partial charge in [0, 0.05) is 13.0 Å². The normalized spacial score (nSPS) is 13.7. The van der Waals surface area contributed by atoms with Crippen LogP contribution in [0.5, 0.6) is 0 Å². The van der Waals surface area contributed by atoms with Crippen LogP contribution in [0.1, 0.15) is 45.9 Å². The monoisotopic (exact) mass is 434 g/mol. The van der Waals surface area contributed by atoms with Gasteiger partial charge in [-0.25, -0.2) is 14.6 Å². The average molecular weight is 435 g/mol. The maximum atomic E-state index is 13.1. The summed E-state index contributed by atoms with van der Waals surface area (Å²) in [7, 11) is 0. The van der Waals surface area contributed by atoms with Crippen LogP contribution >= 0.6 is 11.3 Å². The van der Waals surface area contributed by atoms with Crippen LogP contribution in [0.4, 0.5) is 5.95 Å². The summed E-state index contributed by atoms with van der Waals surface area (Å²) in [4.78, 5) is 36.0. The van der Waals surface area contributed by atoms with Gasteiger partial charge in [0.2, 0.25) is 5.95 Å². The third-order valence-corrected chi connectivity index (χ3v) is 6.75. The molecule has 0 radical (unpaired) electrons. The van der Waals surface area contributed by atoms with Crippen LogP contribution in [0.2, 0.25) is 0 Å². The minimum Gasteiger partial charge on any atom is -0.296 e. The molecule has 9 heteroatoms. The van der Waals surface area contributed by atoms with Gasteiger partial charge in [0.05, 0.1) is 16.8 Å². The number of hydrogen-bond donors (Lipinski definition) is 1. The molecular formula is C22H22N6O2S. The highest BCUT2D eigenvalue weighted by Crippen LogP contribution is 2.28.